The van der Waals surface area contributed by atoms with Crippen LogP contribution in [0.5, 0.6) is 0 Å². The predicted molar refractivity (Wildman–Crippen MR) is 163 cm³/mol. The minimum atomic E-state index is -3.86. The molecular weight excluding hydrogens is 496 g/mol. The van der Waals surface area contributed by atoms with Crippen LogP contribution in [0.1, 0.15) is 113 Å². The van der Waals surface area contributed by atoms with Gasteiger partial charge in [0.2, 0.25) is 0 Å². The first-order valence-corrected chi connectivity index (χ1v) is 16.3. The molecule has 0 radical (unpaired) electrons. The zero-order chi connectivity index (χ0) is 29.0. The highest BCUT2D eigenvalue weighted by molar-refractivity contribution is 7.88. The lowest BCUT2D eigenvalue weighted by molar-refractivity contribution is 0.256. The molecule has 2 amide bonds. The van der Waals surface area contributed by atoms with Crippen molar-refractivity contribution in [1.29, 1.82) is 0 Å². The molecule has 0 fully saturated rings. The number of urea groups is 1. The number of rotatable bonds is 18. The van der Waals surface area contributed by atoms with Gasteiger partial charge in [-0.1, -0.05) is 111 Å². The van der Waals surface area contributed by atoms with Crippen LogP contribution in [0.4, 0.5) is 10.5 Å². The Bertz CT molecular complexity index is 800. The maximum absolute atomic E-state index is 11.9. The number of nitrogens with one attached hydrogen (secondary N) is 3. The summed E-state index contributed by atoms with van der Waals surface area (Å²) in [4.78, 5) is 11.7. The Kier molecular flexibility index (Phi) is 20.3. The molecule has 38 heavy (non-hydrogen) atoms. The van der Waals surface area contributed by atoms with Crippen LogP contribution in [0.15, 0.2) is 30.3 Å². The van der Waals surface area contributed by atoms with E-state index < -0.39 is 16.2 Å². The highest BCUT2D eigenvalue weighted by Gasteiger charge is 2.17. The summed E-state index contributed by atoms with van der Waals surface area (Å²) in [6.07, 6.45) is 11.8. The molecule has 0 heterocycles. The van der Waals surface area contributed by atoms with Crippen molar-refractivity contribution in [1.82, 2.24) is 9.44 Å². The van der Waals surface area contributed by atoms with Crippen LogP contribution in [0, 0.1) is 23.7 Å². The molecule has 0 aliphatic rings. The maximum Gasteiger partial charge on any atom is 0.333 e. The fraction of sp³-hybridized carbons (Fsp3) is 0.767. The summed E-state index contributed by atoms with van der Waals surface area (Å²) in [5.74, 6) is 3.23. The van der Waals surface area contributed by atoms with Crippen LogP contribution >= 0.6 is 0 Å². The number of amides is 2. The third-order valence-electron chi connectivity index (χ3n) is 7.22. The van der Waals surface area contributed by atoms with Crippen molar-refractivity contribution < 1.29 is 13.2 Å². The average molecular weight is 555 g/mol. The van der Waals surface area contributed by atoms with Gasteiger partial charge in [0.05, 0.1) is 0 Å². The van der Waals surface area contributed by atoms with Gasteiger partial charge in [-0.15, -0.1) is 0 Å². The maximum atomic E-state index is 11.9. The average Bonchev–Trinajstić information content (AvgIpc) is 2.83. The van der Waals surface area contributed by atoms with Gasteiger partial charge in [-0.25, -0.2) is 9.52 Å². The molecule has 222 valence electrons. The summed E-state index contributed by atoms with van der Waals surface area (Å²) < 4.78 is 28.2. The van der Waals surface area contributed by atoms with Crippen LogP contribution in [0.25, 0.3) is 0 Å². The Hall–Kier alpha value is -1.64. The molecule has 1 rings (SSSR count). The number of nitrogens with two attached hydrogens (primary N) is 1. The number of anilines is 1. The van der Waals surface area contributed by atoms with E-state index in [4.69, 9.17) is 5.73 Å². The Balaban J connectivity index is 0.000000793. The fourth-order valence-corrected chi connectivity index (χ4v) is 5.58. The van der Waals surface area contributed by atoms with Gasteiger partial charge in [-0.2, -0.15) is 13.1 Å². The molecule has 3 atom stereocenters. The van der Waals surface area contributed by atoms with Gasteiger partial charge in [-0.05, 0) is 62.1 Å². The Morgan fingerprint density at radius 3 is 1.92 bits per heavy atom. The molecule has 0 aromatic heterocycles. The molecule has 0 aliphatic heterocycles. The van der Waals surface area contributed by atoms with Crippen LogP contribution in [-0.4, -0.2) is 27.0 Å². The molecule has 1 aromatic rings. The number of carbonyl (C=O) groups excluding carboxylic acids is 1. The van der Waals surface area contributed by atoms with Gasteiger partial charge in [0, 0.05) is 11.7 Å². The quantitative estimate of drug-likeness (QED) is 0.141. The summed E-state index contributed by atoms with van der Waals surface area (Å²) in [6, 6.07) is 7.68. The van der Waals surface area contributed by atoms with Crippen LogP contribution in [-0.2, 0) is 10.2 Å². The fourth-order valence-electron chi connectivity index (χ4n) is 4.58. The van der Waals surface area contributed by atoms with E-state index in [2.05, 4.69) is 51.6 Å². The van der Waals surface area contributed by atoms with Gasteiger partial charge in [0.1, 0.15) is 0 Å². The molecule has 8 heteroatoms. The molecule has 0 saturated carbocycles. The predicted octanol–water partition coefficient (Wildman–Crippen LogP) is 7.46. The van der Waals surface area contributed by atoms with Crippen molar-refractivity contribution in [2.45, 2.75) is 119 Å². The van der Waals surface area contributed by atoms with Gasteiger partial charge in [0.15, 0.2) is 0 Å². The minimum absolute atomic E-state index is 0.210. The zero-order valence-electron chi connectivity index (χ0n) is 25.3. The number of para-hydroxylation sites is 1. The van der Waals surface area contributed by atoms with Crippen molar-refractivity contribution in [3.05, 3.63) is 30.3 Å². The van der Waals surface area contributed by atoms with Crippen molar-refractivity contribution in [3.8, 4) is 0 Å². The van der Waals surface area contributed by atoms with E-state index in [0.29, 0.717) is 5.69 Å². The van der Waals surface area contributed by atoms with Crippen molar-refractivity contribution in [2.24, 2.45) is 29.4 Å². The molecule has 5 N–H and O–H groups in total. The second-order valence-electron chi connectivity index (χ2n) is 11.2. The van der Waals surface area contributed by atoms with E-state index >= 15 is 0 Å². The second kappa shape index (κ2) is 21.2. The standard InChI is InChI=1S/C16H27N3O3S.C14H31N/c1-3-4-5-6-8-11-14(2)18-23(21,22)19-16(20)17-15-12-9-7-10-13-15;1-6-13(11(2)3)8-7-9-14(10-15)12(4)5/h7,9-10,12-14,18H,3-6,8,11H2,1-2H3,(H2,17,19,20);11-14H,6-10,15H2,1-5H3. The third-order valence-corrected chi connectivity index (χ3v) is 8.39. The molecule has 0 aliphatic carbocycles. The third kappa shape index (κ3) is 18.6. The van der Waals surface area contributed by atoms with Gasteiger partial charge in [0.25, 0.3) is 0 Å². The van der Waals surface area contributed by atoms with Gasteiger partial charge < -0.3 is 11.1 Å². The Morgan fingerprint density at radius 2 is 1.39 bits per heavy atom. The molecule has 0 spiro atoms. The lowest BCUT2D eigenvalue weighted by atomic mass is 9.85. The number of hydrogen-bond acceptors (Lipinski definition) is 4. The van der Waals surface area contributed by atoms with E-state index in [9.17, 15) is 13.2 Å². The Morgan fingerprint density at radius 1 is 0.816 bits per heavy atom. The first-order chi connectivity index (χ1) is 17.9. The topological polar surface area (TPSA) is 113 Å². The zero-order valence-corrected chi connectivity index (χ0v) is 26.1. The smallest absolute Gasteiger partial charge is 0.330 e. The highest BCUT2D eigenvalue weighted by Crippen LogP contribution is 2.24. The number of benzene rings is 1. The number of unbranched alkanes of at least 4 members (excludes halogenated alkanes) is 4. The van der Waals surface area contributed by atoms with Crippen molar-refractivity contribution >= 4 is 21.9 Å². The summed E-state index contributed by atoms with van der Waals surface area (Å²) in [6.45, 7) is 16.4. The van der Waals surface area contributed by atoms with E-state index in [1.54, 1.807) is 31.2 Å². The molecular formula is C30H58N4O3S. The largest absolute Gasteiger partial charge is 0.333 e. The lowest BCUT2D eigenvalue weighted by Gasteiger charge is -2.22. The van der Waals surface area contributed by atoms with E-state index in [1.807, 2.05) is 10.8 Å². The van der Waals surface area contributed by atoms with Crippen LogP contribution in [0.3, 0.4) is 0 Å². The van der Waals surface area contributed by atoms with E-state index in [1.165, 1.54) is 44.9 Å². The summed E-state index contributed by atoms with van der Waals surface area (Å²) in [5.41, 5.74) is 6.31. The normalized spacial score (nSPS) is 13.9. The van der Waals surface area contributed by atoms with Crippen LogP contribution < -0.4 is 20.5 Å². The summed E-state index contributed by atoms with van der Waals surface area (Å²) in [7, 11) is -3.86. The summed E-state index contributed by atoms with van der Waals surface area (Å²) in [5, 5.41) is 2.47. The molecule has 1 aromatic carbocycles. The SMILES string of the molecule is CCC(CCCC(CN)C(C)C)C(C)C.CCCCCCCC(C)NS(=O)(=O)NC(=O)Nc1ccccc1. The van der Waals surface area contributed by atoms with Crippen molar-refractivity contribution in [2.75, 3.05) is 11.9 Å². The first kappa shape index (κ1) is 36.4. The monoisotopic (exact) mass is 554 g/mol. The molecule has 3 unspecified atom stereocenters. The molecule has 0 saturated heterocycles. The first-order valence-electron chi connectivity index (χ1n) is 14.8. The van der Waals surface area contributed by atoms with Gasteiger partial charge in [-0.3, -0.25) is 0 Å². The second-order valence-corrected chi connectivity index (χ2v) is 12.7. The summed E-state index contributed by atoms with van der Waals surface area (Å²) >= 11 is 0. The number of carbonyl (C=O) groups is 1. The number of hydrogen-bond donors (Lipinski definition) is 4. The molecule has 0 bridgehead atoms. The minimum Gasteiger partial charge on any atom is -0.330 e. The van der Waals surface area contributed by atoms with Crippen LogP contribution in [0.2, 0.25) is 0 Å². The highest BCUT2D eigenvalue weighted by atomic mass is 32.2. The van der Waals surface area contributed by atoms with Crippen molar-refractivity contribution in [3.63, 3.8) is 0 Å². The van der Waals surface area contributed by atoms with E-state index in [0.717, 1.165) is 49.5 Å². The van der Waals surface area contributed by atoms with E-state index in [-0.39, 0.29) is 6.04 Å². The Labute approximate surface area is 234 Å². The molecule has 7 nitrogen and oxygen atoms in total. The lowest BCUT2D eigenvalue weighted by Crippen LogP contribution is -2.45. The van der Waals surface area contributed by atoms with Gasteiger partial charge >= 0.3 is 16.2 Å².